The zero-order valence-corrected chi connectivity index (χ0v) is 16.0. The largest absolute Gasteiger partial charge is 0.382 e. The van der Waals surface area contributed by atoms with Gasteiger partial charge in [0, 0.05) is 36.5 Å². The number of piperidine rings is 1. The minimum absolute atomic E-state index is 0.371. The van der Waals surface area contributed by atoms with E-state index in [0.717, 1.165) is 36.3 Å². The lowest BCUT2D eigenvalue weighted by molar-refractivity contribution is -0.0610. The predicted octanol–water partition coefficient (Wildman–Crippen LogP) is 2.95. The average molecular weight is 386 g/mol. The molecule has 0 bridgehead atoms. The molecular formula is C20H24ClN5O. The summed E-state index contributed by atoms with van der Waals surface area (Å²) in [4.78, 5) is 6.84. The van der Waals surface area contributed by atoms with Gasteiger partial charge in [-0.3, -0.25) is 9.58 Å². The van der Waals surface area contributed by atoms with Crippen molar-refractivity contribution in [3.63, 3.8) is 0 Å². The number of fused-ring (bicyclic) bond motifs is 1. The maximum atomic E-state index is 6.19. The highest BCUT2D eigenvalue weighted by molar-refractivity contribution is 6.33. The highest BCUT2D eigenvalue weighted by Gasteiger charge is 2.59. The first kappa shape index (κ1) is 16.3. The normalized spacial score (nSPS) is 30.8. The Balaban J connectivity index is 1.29. The molecule has 4 fully saturated rings. The fourth-order valence-corrected chi connectivity index (χ4v) is 5.21. The number of hydrogen-bond acceptors (Lipinski definition) is 5. The van der Waals surface area contributed by atoms with Crippen molar-refractivity contribution >= 4 is 17.4 Å². The molecule has 3 atom stereocenters. The van der Waals surface area contributed by atoms with Crippen LogP contribution in [0, 0.1) is 11.8 Å². The molecule has 6 nitrogen and oxygen atoms in total. The van der Waals surface area contributed by atoms with E-state index in [1.54, 1.807) is 6.20 Å². The van der Waals surface area contributed by atoms with Gasteiger partial charge in [-0.25, -0.2) is 4.98 Å². The van der Waals surface area contributed by atoms with Crippen molar-refractivity contribution in [3.8, 4) is 11.3 Å². The molecule has 2 saturated heterocycles. The summed E-state index contributed by atoms with van der Waals surface area (Å²) < 4.78 is 7.69. The van der Waals surface area contributed by atoms with E-state index in [0.29, 0.717) is 28.8 Å². The highest BCUT2D eigenvalue weighted by atomic mass is 35.5. The number of anilines is 1. The van der Waals surface area contributed by atoms with E-state index < -0.39 is 0 Å². The minimum atomic E-state index is 0.371. The first-order valence-electron chi connectivity index (χ1n) is 10.0. The molecule has 6 rings (SSSR count). The van der Waals surface area contributed by atoms with Crippen molar-refractivity contribution in [1.82, 2.24) is 19.7 Å². The topological polar surface area (TPSA) is 69.2 Å². The predicted molar refractivity (Wildman–Crippen MR) is 104 cm³/mol. The van der Waals surface area contributed by atoms with Crippen LogP contribution in [0.5, 0.6) is 0 Å². The van der Waals surface area contributed by atoms with E-state index in [2.05, 4.69) is 20.6 Å². The Kier molecular flexibility index (Phi) is 3.59. The fourth-order valence-electron chi connectivity index (χ4n) is 5.04. The molecule has 2 N–H and O–H groups in total. The molecule has 4 aliphatic rings. The summed E-state index contributed by atoms with van der Waals surface area (Å²) in [7, 11) is 0. The monoisotopic (exact) mass is 385 g/mol. The molecule has 0 radical (unpaired) electrons. The molecular weight excluding hydrogens is 362 g/mol. The van der Waals surface area contributed by atoms with Gasteiger partial charge in [0.25, 0.3) is 0 Å². The summed E-state index contributed by atoms with van der Waals surface area (Å²) in [6.45, 7) is 4.26. The third-order valence-electron chi connectivity index (χ3n) is 7.05. The number of hydrogen-bond donors (Lipinski definition) is 1. The molecule has 4 heterocycles. The van der Waals surface area contributed by atoms with Crippen LogP contribution in [0.4, 0.5) is 5.82 Å². The Bertz CT molecular complexity index is 878. The van der Waals surface area contributed by atoms with Crippen LogP contribution in [-0.2, 0) is 4.74 Å². The SMILES string of the molecule is Nc1ncc(-c2cc(C3[C@H]4CN(C5COC5)C[C@@H]34)n(C3CCC3)n2)cc1Cl. The molecule has 2 saturated carbocycles. The van der Waals surface area contributed by atoms with Gasteiger partial charge in [0.05, 0.1) is 36.0 Å². The molecule has 27 heavy (non-hydrogen) atoms. The van der Waals surface area contributed by atoms with Crippen LogP contribution in [0.25, 0.3) is 11.3 Å². The van der Waals surface area contributed by atoms with E-state index in [9.17, 15) is 0 Å². The quantitative estimate of drug-likeness (QED) is 0.876. The van der Waals surface area contributed by atoms with Crippen LogP contribution in [-0.4, -0.2) is 52.0 Å². The van der Waals surface area contributed by atoms with Crippen molar-refractivity contribution in [2.75, 3.05) is 32.0 Å². The van der Waals surface area contributed by atoms with Gasteiger partial charge in [-0.15, -0.1) is 0 Å². The lowest BCUT2D eigenvalue weighted by Gasteiger charge is -2.36. The van der Waals surface area contributed by atoms with E-state index in [4.69, 9.17) is 27.2 Å². The van der Waals surface area contributed by atoms with Crippen molar-refractivity contribution in [2.45, 2.75) is 37.3 Å². The van der Waals surface area contributed by atoms with Gasteiger partial charge in [0.15, 0.2) is 0 Å². The molecule has 0 spiro atoms. The molecule has 2 aromatic rings. The summed E-state index contributed by atoms with van der Waals surface area (Å²) in [5, 5.41) is 5.48. The number of nitrogens with two attached hydrogens (primary N) is 1. The second kappa shape index (κ2) is 5.93. The van der Waals surface area contributed by atoms with Crippen LogP contribution in [0.3, 0.4) is 0 Å². The lowest BCUT2D eigenvalue weighted by Crippen LogP contribution is -2.48. The Morgan fingerprint density at radius 3 is 2.48 bits per heavy atom. The number of aromatic nitrogens is 3. The highest BCUT2D eigenvalue weighted by Crippen LogP contribution is 2.59. The third kappa shape index (κ3) is 2.53. The van der Waals surface area contributed by atoms with Crippen LogP contribution in [0.15, 0.2) is 18.3 Å². The van der Waals surface area contributed by atoms with Crippen LogP contribution in [0.1, 0.15) is 36.9 Å². The maximum Gasteiger partial charge on any atom is 0.142 e. The first-order chi connectivity index (χ1) is 13.2. The van der Waals surface area contributed by atoms with E-state index >= 15 is 0 Å². The lowest BCUT2D eigenvalue weighted by atomic mass is 9.93. The molecule has 142 valence electrons. The number of nitrogen functional groups attached to an aromatic ring is 1. The number of likely N-dealkylation sites (tertiary alicyclic amines) is 1. The summed E-state index contributed by atoms with van der Waals surface area (Å²) in [6.07, 6.45) is 5.57. The number of pyridine rings is 1. The van der Waals surface area contributed by atoms with E-state index in [-0.39, 0.29) is 0 Å². The Morgan fingerprint density at radius 2 is 1.89 bits per heavy atom. The summed E-state index contributed by atoms with van der Waals surface area (Å²) >= 11 is 6.19. The Labute approximate surface area is 163 Å². The zero-order valence-electron chi connectivity index (χ0n) is 15.2. The molecule has 7 heteroatoms. The van der Waals surface area contributed by atoms with Gasteiger partial charge in [0.1, 0.15) is 5.82 Å². The van der Waals surface area contributed by atoms with Gasteiger partial charge in [-0.2, -0.15) is 5.10 Å². The van der Waals surface area contributed by atoms with Crippen molar-refractivity contribution in [2.24, 2.45) is 11.8 Å². The van der Waals surface area contributed by atoms with E-state index in [1.807, 2.05) is 6.07 Å². The second-order valence-corrected chi connectivity index (χ2v) is 8.98. The van der Waals surface area contributed by atoms with Crippen LogP contribution in [0.2, 0.25) is 5.02 Å². The molecule has 1 unspecified atom stereocenters. The number of ether oxygens (including phenoxy) is 1. The number of rotatable bonds is 4. The van der Waals surface area contributed by atoms with Crippen molar-refractivity contribution in [3.05, 3.63) is 29.0 Å². The standard InChI is InChI=1S/C20H24ClN5O/c21-16-4-11(6-23-20(16)22)17-5-18(26(24-17)12-2-1-3-12)19-14-7-25(8-15(14)19)13-9-27-10-13/h4-6,12-15,19H,1-3,7-10H2,(H2,22,23)/t14-,15+,19?. The van der Waals surface area contributed by atoms with Gasteiger partial charge >= 0.3 is 0 Å². The van der Waals surface area contributed by atoms with Crippen LogP contribution >= 0.6 is 11.6 Å². The number of halogens is 1. The summed E-state index contributed by atoms with van der Waals surface area (Å²) in [6, 6.07) is 5.38. The molecule has 2 aliphatic heterocycles. The summed E-state index contributed by atoms with van der Waals surface area (Å²) in [5.74, 6) is 2.58. The van der Waals surface area contributed by atoms with Crippen molar-refractivity contribution in [1.29, 1.82) is 0 Å². The number of nitrogens with zero attached hydrogens (tertiary/aromatic N) is 4. The first-order valence-corrected chi connectivity index (χ1v) is 10.4. The molecule has 2 aliphatic carbocycles. The van der Waals surface area contributed by atoms with Gasteiger partial charge in [-0.05, 0) is 43.2 Å². The molecule has 2 aromatic heterocycles. The van der Waals surface area contributed by atoms with Crippen molar-refractivity contribution < 1.29 is 4.74 Å². The summed E-state index contributed by atoms with van der Waals surface area (Å²) in [5.41, 5.74) is 9.12. The average Bonchev–Trinajstić information content (AvgIpc) is 2.92. The van der Waals surface area contributed by atoms with Gasteiger partial charge in [-0.1, -0.05) is 11.6 Å². The van der Waals surface area contributed by atoms with Crippen LogP contribution < -0.4 is 5.73 Å². The Hall–Kier alpha value is -1.63. The minimum Gasteiger partial charge on any atom is -0.382 e. The Morgan fingerprint density at radius 1 is 1.11 bits per heavy atom. The van der Waals surface area contributed by atoms with Gasteiger partial charge < -0.3 is 10.5 Å². The maximum absolute atomic E-state index is 6.19. The zero-order chi connectivity index (χ0) is 18.1. The third-order valence-corrected chi connectivity index (χ3v) is 7.35. The van der Waals surface area contributed by atoms with Gasteiger partial charge in [0.2, 0.25) is 0 Å². The molecule has 0 aromatic carbocycles. The smallest absolute Gasteiger partial charge is 0.142 e. The molecule has 0 amide bonds. The second-order valence-electron chi connectivity index (χ2n) is 8.57. The fraction of sp³-hybridized carbons (Fsp3) is 0.600. The van der Waals surface area contributed by atoms with E-state index in [1.165, 1.54) is 38.0 Å².